The van der Waals surface area contributed by atoms with Gasteiger partial charge in [-0.05, 0) is 145 Å². The highest BCUT2D eigenvalue weighted by atomic mass is 35.5. The smallest absolute Gasteiger partial charge is 0.425 e. The predicted octanol–water partition coefficient (Wildman–Crippen LogP) is 7.26. The van der Waals surface area contributed by atoms with Gasteiger partial charge in [0.25, 0.3) is 0 Å². The average Bonchev–Trinajstić information content (AvgIpc) is 2.08. The van der Waals surface area contributed by atoms with Crippen LogP contribution in [0.5, 0.6) is 0 Å². The number of esters is 5. The fourth-order valence-electron chi connectivity index (χ4n) is 11.3. The van der Waals surface area contributed by atoms with Crippen LogP contribution in [-0.4, -0.2) is 151 Å². The quantitative estimate of drug-likeness (QED) is 0.120. The van der Waals surface area contributed by atoms with Crippen LogP contribution in [0.15, 0.2) is 60.7 Å². The highest BCUT2D eigenvalue weighted by molar-refractivity contribution is 8.14. The Bertz CT molecular complexity index is 2670. The van der Waals surface area contributed by atoms with Crippen molar-refractivity contribution < 1.29 is 99.9 Å². The molecule has 2 aliphatic heterocycles. The zero-order valence-corrected chi connectivity index (χ0v) is 60.2. The summed E-state index contributed by atoms with van der Waals surface area (Å²) in [6.07, 6.45) is 21.0. The summed E-state index contributed by atoms with van der Waals surface area (Å²) in [4.78, 5) is 88.8. The summed E-state index contributed by atoms with van der Waals surface area (Å²) in [6, 6.07) is 20.0. The van der Waals surface area contributed by atoms with E-state index in [1.54, 1.807) is 6.92 Å². The van der Waals surface area contributed by atoms with Gasteiger partial charge < -0.3 is 45.0 Å². The Morgan fingerprint density at radius 3 is 1.13 bits per heavy atom. The molecule has 31 heteroatoms. The molecule has 5 aliphatic carbocycles. The van der Waals surface area contributed by atoms with Crippen molar-refractivity contribution in [3.63, 3.8) is 0 Å². The number of benzene rings is 2. The summed E-state index contributed by atoms with van der Waals surface area (Å²) in [5, 5.41) is 12.7. The molecule has 2 saturated heterocycles. The molecule has 9 atom stereocenters. The third-order valence-electron chi connectivity index (χ3n) is 16.2. The molecule has 2 aromatic rings. The van der Waals surface area contributed by atoms with Crippen LogP contribution in [-0.2, 0) is 107 Å². The molecule has 7 fully saturated rings. The molecule has 0 radical (unpaired) electrons. The molecule has 540 valence electrons. The van der Waals surface area contributed by atoms with Gasteiger partial charge in [-0.15, -0.1) is 50.3 Å². The third kappa shape index (κ3) is 45.8. The van der Waals surface area contributed by atoms with E-state index in [4.69, 9.17) is 37.9 Å². The van der Waals surface area contributed by atoms with E-state index in [0.717, 1.165) is 109 Å². The van der Waals surface area contributed by atoms with Crippen LogP contribution in [0.1, 0.15) is 167 Å². The van der Waals surface area contributed by atoms with Gasteiger partial charge in [0.15, 0.2) is 5.12 Å². The Labute approximate surface area is 575 Å². The van der Waals surface area contributed by atoms with Crippen molar-refractivity contribution in [3.05, 3.63) is 71.8 Å². The lowest BCUT2D eigenvalue weighted by molar-refractivity contribution is -0.146. The molecule has 95 heavy (non-hydrogen) atoms. The number of ether oxygens (including phenoxy) is 5. The van der Waals surface area contributed by atoms with Crippen molar-refractivity contribution in [2.45, 2.75) is 187 Å². The fraction of sp³-hybridized carbons (Fsp3) is 0.688. The van der Waals surface area contributed by atoms with Crippen LogP contribution in [0.2, 0.25) is 0 Å². The molecule has 0 bridgehead atoms. The van der Waals surface area contributed by atoms with E-state index in [0.29, 0.717) is 36.1 Å². The van der Waals surface area contributed by atoms with Crippen LogP contribution < -0.4 is 21.3 Å². The van der Waals surface area contributed by atoms with Crippen LogP contribution in [0.3, 0.4) is 0 Å². The summed E-state index contributed by atoms with van der Waals surface area (Å²) in [5.41, 5.74) is 2.31. The lowest BCUT2D eigenvalue weighted by Crippen LogP contribution is -2.39. The van der Waals surface area contributed by atoms with Gasteiger partial charge in [0.1, 0.15) is 6.04 Å². The minimum absolute atomic E-state index is 0. The first-order valence-electron chi connectivity index (χ1n) is 31.6. The highest BCUT2D eigenvalue weighted by Crippen LogP contribution is 2.35. The Kier molecular flexibility index (Phi) is 52.5. The van der Waals surface area contributed by atoms with Gasteiger partial charge in [-0.3, -0.25) is 38.4 Å². The molecule has 7 aliphatic rings. The number of rotatable bonds is 12. The summed E-state index contributed by atoms with van der Waals surface area (Å²) >= 11 is 1.35. The Balaban J connectivity index is 0. The Hall–Kier alpha value is -6.18. The summed E-state index contributed by atoms with van der Waals surface area (Å²) in [6.45, 7) is 11.2. The van der Waals surface area contributed by atoms with Crippen LogP contribution in [0.25, 0.3) is 0 Å². The van der Waals surface area contributed by atoms with Crippen molar-refractivity contribution in [3.8, 4) is 0 Å². The fourth-order valence-corrected chi connectivity index (χ4v) is 12.4. The number of nitrogens with one attached hydrogen (secondary N) is 4. The summed E-state index contributed by atoms with van der Waals surface area (Å²) in [5.74, 6) is 2.94. The van der Waals surface area contributed by atoms with Gasteiger partial charge in [-0.25, -0.2) is 0 Å². The van der Waals surface area contributed by atoms with Crippen molar-refractivity contribution in [1.82, 2.24) is 21.3 Å². The number of methoxy groups -OCH3 is 5. The normalized spacial score (nSPS) is 22.3. The molecular weight excluding hydrogens is 1340 g/mol. The zero-order valence-electron chi connectivity index (χ0n) is 56.1. The van der Waals surface area contributed by atoms with Gasteiger partial charge in [-0.2, -0.15) is 0 Å². The minimum atomic E-state index is -3.11. The Morgan fingerprint density at radius 2 is 0.789 bits per heavy atom. The van der Waals surface area contributed by atoms with Crippen molar-refractivity contribution in [2.24, 2.45) is 47.3 Å². The number of hydrogen-bond acceptors (Lipinski definition) is 25. The number of carbonyl (C=O) groups is 8. The van der Waals surface area contributed by atoms with E-state index < -0.39 is 31.8 Å². The highest BCUT2D eigenvalue weighted by Gasteiger charge is 2.33. The second-order valence-corrected chi connectivity index (χ2v) is 26.2. The largest absolute Gasteiger partial charge is 0.469 e. The van der Waals surface area contributed by atoms with Gasteiger partial charge in [0.2, 0.25) is 11.8 Å². The molecule has 9 rings (SSSR count). The standard InChI is InChI=1S/C13H17NO.C12H16N2O.C9H14O3S.2C8H14O2.C7H13NO2.C7H12O2.ClH.3O3S/c15-13(12-8-4-5-9-12)14-10-11-6-2-1-3-7-11;15-12(11-7-4-8-13-11)14-9-10-5-2-1-3-6-10;1-6(10)13-8-4-3-7(5-8)9(11)12-2;2*1-6-3-4-7(5-6)8(9)10-2;1-5-3-6(8-4-5)7(9)10-2;1-9-7(8)6-4-2-3-5-6;;3*1-4(2)3/h1-3,6-7,12H,4-5,8-10H2,(H,14,15);1-3,5-6,11,13H,4,7-9H2,(H,14,15);7-8H,3-5H2,1-2H3;2*6-7H,3-5H2,1-2H3;5-6,8H,3-4H2,1-2H3;6H,2-5H2,1H3;1H;;;/t;11-;7-,8+;2*6-,7-;5-,6+;;;;;/m.00001...../s1. The predicted molar refractivity (Wildman–Crippen MR) is 356 cm³/mol. The maximum absolute atomic E-state index is 11.7. The summed E-state index contributed by atoms with van der Waals surface area (Å²) in [7, 11) is -2.11. The lowest BCUT2D eigenvalue weighted by Gasteiger charge is -2.10. The molecule has 0 aromatic heterocycles. The van der Waals surface area contributed by atoms with E-state index in [1.807, 2.05) is 60.7 Å². The van der Waals surface area contributed by atoms with Crippen molar-refractivity contribution in [1.29, 1.82) is 0 Å². The number of halogens is 1. The Morgan fingerprint density at radius 1 is 0.421 bits per heavy atom. The van der Waals surface area contributed by atoms with Gasteiger partial charge in [0.05, 0.1) is 65.3 Å². The van der Waals surface area contributed by atoms with E-state index in [1.165, 1.54) is 91.4 Å². The minimum Gasteiger partial charge on any atom is -0.469 e. The first-order chi connectivity index (χ1) is 44.6. The zero-order chi connectivity index (χ0) is 71.0. The average molecular weight is 1440 g/mol. The number of amides is 2. The second-order valence-electron chi connectivity index (χ2n) is 23.5. The lowest BCUT2D eigenvalue weighted by atomic mass is 10.1. The van der Waals surface area contributed by atoms with Crippen molar-refractivity contribution >= 4 is 103 Å². The molecule has 26 nitrogen and oxygen atoms in total. The third-order valence-corrected chi connectivity index (χ3v) is 17.3. The van der Waals surface area contributed by atoms with E-state index in [2.05, 4.69) is 65.7 Å². The van der Waals surface area contributed by atoms with Gasteiger partial charge in [-0.1, -0.05) is 119 Å². The number of thioether (sulfide) groups is 1. The van der Waals surface area contributed by atoms with E-state index in [-0.39, 0.29) is 101 Å². The molecule has 5 saturated carbocycles. The molecule has 2 heterocycles. The summed E-state index contributed by atoms with van der Waals surface area (Å²) < 4.78 is 99.1. The monoisotopic (exact) mass is 1440 g/mol. The van der Waals surface area contributed by atoms with Crippen LogP contribution in [0, 0.1) is 47.3 Å². The maximum Gasteiger partial charge on any atom is 0.425 e. The van der Waals surface area contributed by atoms with Crippen molar-refractivity contribution in [2.75, 3.05) is 48.6 Å². The molecule has 0 spiro atoms. The molecular formula is C64H101ClN4O22S4. The molecule has 4 N–H and O–H groups in total. The van der Waals surface area contributed by atoms with E-state index in [9.17, 15) is 38.4 Å². The topological polar surface area (TPSA) is 384 Å². The first kappa shape index (κ1) is 90.9. The van der Waals surface area contributed by atoms with Crippen LogP contribution in [0.4, 0.5) is 0 Å². The molecule has 2 aromatic carbocycles. The van der Waals surface area contributed by atoms with Gasteiger partial charge in [0, 0.05) is 31.2 Å². The van der Waals surface area contributed by atoms with E-state index >= 15 is 0 Å². The number of hydrogen-bond donors (Lipinski definition) is 4. The first-order valence-corrected chi connectivity index (χ1v) is 35.5. The number of carbonyl (C=O) groups excluding carboxylic acids is 8. The molecule has 2 amide bonds. The second kappa shape index (κ2) is 54.9. The SMILES string of the molecule is COC(=O)C1CCCC1.COC(=O)[C@@H]1C[C@@H](C)CN1.COC(=O)[C@H]1CC[C@@H](SC(C)=O)C1.COC(=O)[C@H]1CC[C@H](C)C1.COC(=O)[C@H]1CC[C@H](C)C1.Cl.O=C(NCc1ccccc1)C1CCCC1.O=C(NCc1ccccc1)[C@@H]1CCCN1.O=S(=O)=O.O=S(=O)=O.O=S(=O)=O. The maximum atomic E-state index is 11.7. The van der Waals surface area contributed by atoms with Gasteiger partial charge >= 0.3 is 61.7 Å². The van der Waals surface area contributed by atoms with Crippen LogP contribution >= 0.6 is 24.2 Å². The molecule has 0 unspecified atom stereocenters.